The Hall–Kier alpha value is -2.55. The number of halogens is 2. The first-order chi connectivity index (χ1) is 18.0. The van der Waals surface area contributed by atoms with Crippen molar-refractivity contribution in [3.05, 3.63) is 40.8 Å². The number of aromatic nitrogens is 3. The van der Waals surface area contributed by atoms with Crippen molar-refractivity contribution in [2.24, 2.45) is 0 Å². The first-order valence-electron chi connectivity index (χ1n) is 13.5. The van der Waals surface area contributed by atoms with E-state index in [1.54, 1.807) is 12.3 Å². The second kappa shape index (κ2) is 9.03. The molecule has 6 heterocycles. The smallest absolute Gasteiger partial charge is 0.319 e. The van der Waals surface area contributed by atoms with Gasteiger partial charge in [-0.15, -0.1) is 0 Å². The van der Waals surface area contributed by atoms with Crippen LogP contribution in [-0.4, -0.2) is 70.3 Å². The van der Waals surface area contributed by atoms with E-state index >= 15 is 4.39 Å². The van der Waals surface area contributed by atoms with Gasteiger partial charge in [0, 0.05) is 42.0 Å². The van der Waals surface area contributed by atoms with E-state index in [1.165, 1.54) is 12.8 Å². The monoisotopic (exact) mass is 522 g/mol. The molecule has 1 aromatic carbocycles. The summed E-state index contributed by atoms with van der Waals surface area (Å²) in [5.41, 5.74) is 2.02. The Morgan fingerprint density at radius 2 is 1.89 bits per heavy atom. The highest BCUT2D eigenvalue weighted by molar-refractivity contribution is 6.31. The summed E-state index contributed by atoms with van der Waals surface area (Å²) in [7, 11) is 0. The lowest BCUT2D eigenvalue weighted by molar-refractivity contribution is 0.108. The predicted molar refractivity (Wildman–Crippen MR) is 143 cm³/mol. The molecule has 37 heavy (non-hydrogen) atoms. The van der Waals surface area contributed by atoms with Crippen molar-refractivity contribution in [3.8, 4) is 17.3 Å². The van der Waals surface area contributed by atoms with Crippen molar-refractivity contribution in [1.82, 2.24) is 25.2 Å². The molecule has 4 saturated heterocycles. The normalized spacial score (nSPS) is 24.7. The molecule has 194 valence electrons. The number of anilines is 1. The lowest BCUT2D eigenvalue weighted by Gasteiger charge is -2.34. The second-order valence-corrected chi connectivity index (χ2v) is 11.6. The number of piperazine rings is 1. The highest BCUT2D eigenvalue weighted by Crippen LogP contribution is 2.40. The summed E-state index contributed by atoms with van der Waals surface area (Å²) in [4.78, 5) is 18.9. The van der Waals surface area contributed by atoms with Gasteiger partial charge in [-0.05, 0) is 70.2 Å². The van der Waals surface area contributed by atoms with Crippen molar-refractivity contribution in [3.63, 3.8) is 0 Å². The molecule has 4 aliphatic rings. The summed E-state index contributed by atoms with van der Waals surface area (Å²) in [6.45, 7) is 6.33. The van der Waals surface area contributed by atoms with Crippen LogP contribution in [0.25, 0.3) is 22.2 Å². The van der Waals surface area contributed by atoms with Gasteiger partial charge in [-0.3, -0.25) is 9.88 Å². The van der Waals surface area contributed by atoms with Gasteiger partial charge in [-0.25, -0.2) is 4.39 Å². The number of ether oxygens (including phenoxy) is 1. The molecule has 3 aromatic rings. The van der Waals surface area contributed by atoms with E-state index in [0.717, 1.165) is 57.4 Å². The third-order valence-corrected chi connectivity index (χ3v) is 9.37. The summed E-state index contributed by atoms with van der Waals surface area (Å²) in [5.74, 6) is 0.252. The van der Waals surface area contributed by atoms with Crippen LogP contribution >= 0.6 is 11.6 Å². The molecule has 7 nitrogen and oxygen atoms in total. The highest BCUT2D eigenvalue weighted by atomic mass is 35.5. The van der Waals surface area contributed by atoms with Crippen molar-refractivity contribution in [1.29, 1.82) is 0 Å². The summed E-state index contributed by atoms with van der Waals surface area (Å²) in [5, 5.41) is 4.87. The van der Waals surface area contributed by atoms with E-state index in [9.17, 15) is 0 Å². The molecule has 0 aliphatic carbocycles. The van der Waals surface area contributed by atoms with Gasteiger partial charge < -0.3 is 15.0 Å². The molecule has 0 saturated carbocycles. The lowest BCUT2D eigenvalue weighted by Crippen LogP contribution is -2.51. The molecule has 0 spiro atoms. The van der Waals surface area contributed by atoms with Crippen molar-refractivity contribution >= 4 is 28.3 Å². The molecule has 0 amide bonds. The van der Waals surface area contributed by atoms with Crippen LogP contribution in [0.1, 0.15) is 44.1 Å². The molecular weight excluding hydrogens is 491 g/mol. The largest absolute Gasteiger partial charge is 0.461 e. The van der Waals surface area contributed by atoms with Gasteiger partial charge >= 0.3 is 6.01 Å². The molecular formula is C28H32ClFN6O. The quantitative estimate of drug-likeness (QED) is 0.519. The van der Waals surface area contributed by atoms with Gasteiger partial charge in [0.1, 0.15) is 23.6 Å². The number of pyridine rings is 1. The molecule has 0 radical (unpaired) electrons. The van der Waals surface area contributed by atoms with E-state index in [-0.39, 0.29) is 22.8 Å². The number of nitrogens with one attached hydrogen (secondary N) is 1. The van der Waals surface area contributed by atoms with Crippen LogP contribution in [0, 0.1) is 12.7 Å². The van der Waals surface area contributed by atoms with Crippen LogP contribution in [-0.2, 0) is 0 Å². The summed E-state index contributed by atoms with van der Waals surface area (Å²) < 4.78 is 22.6. The van der Waals surface area contributed by atoms with E-state index in [0.29, 0.717) is 40.5 Å². The Labute approximate surface area is 221 Å². The van der Waals surface area contributed by atoms with Crippen LogP contribution in [0.5, 0.6) is 6.01 Å². The maximum absolute atomic E-state index is 16.2. The Morgan fingerprint density at radius 1 is 1.14 bits per heavy atom. The Morgan fingerprint density at radius 3 is 2.65 bits per heavy atom. The third-order valence-electron chi connectivity index (χ3n) is 8.96. The van der Waals surface area contributed by atoms with E-state index in [1.807, 2.05) is 19.1 Å². The predicted octanol–water partition coefficient (Wildman–Crippen LogP) is 4.74. The standard InChI is InChI=1S/C28H32ClFN6O/c1-17-20(5-2-6-22(17)29)24-23(30)25-21(13-31-24)26(35-14-18-7-8-19(15-35)32-18)34-27(33-25)37-16-28-9-3-11-36(28)12-4-10-28/h2,5-6,13,18-19,32H,3-4,7-12,14-16H2,1H3. The molecule has 2 unspecified atom stereocenters. The number of nitrogens with zero attached hydrogens (tertiary/aromatic N) is 5. The molecule has 1 N–H and O–H groups in total. The molecule has 2 bridgehead atoms. The van der Waals surface area contributed by atoms with Crippen LogP contribution in [0.4, 0.5) is 10.2 Å². The molecule has 9 heteroatoms. The molecule has 4 aliphatic heterocycles. The second-order valence-electron chi connectivity index (χ2n) is 11.2. The lowest BCUT2D eigenvalue weighted by atomic mass is 9.95. The van der Waals surface area contributed by atoms with Crippen LogP contribution < -0.4 is 15.0 Å². The first kappa shape index (κ1) is 23.6. The summed E-state index contributed by atoms with van der Waals surface area (Å²) in [6.07, 6.45) is 8.66. The zero-order valence-corrected chi connectivity index (χ0v) is 21.9. The zero-order valence-electron chi connectivity index (χ0n) is 21.1. The SMILES string of the molecule is Cc1c(Cl)cccc1-c1ncc2c(N3CC4CCC(C3)N4)nc(OCC34CCCN3CCC4)nc2c1F. The number of hydrogen-bond acceptors (Lipinski definition) is 7. The van der Waals surface area contributed by atoms with Crippen LogP contribution in [0.15, 0.2) is 24.4 Å². The maximum Gasteiger partial charge on any atom is 0.319 e. The van der Waals surface area contributed by atoms with Gasteiger partial charge in [0.15, 0.2) is 5.82 Å². The number of fused-ring (bicyclic) bond motifs is 4. The van der Waals surface area contributed by atoms with E-state index in [4.69, 9.17) is 21.3 Å². The van der Waals surface area contributed by atoms with Crippen molar-refractivity contribution in [2.75, 3.05) is 37.7 Å². The van der Waals surface area contributed by atoms with Crippen LogP contribution in [0.3, 0.4) is 0 Å². The van der Waals surface area contributed by atoms with E-state index in [2.05, 4.69) is 25.1 Å². The minimum atomic E-state index is -0.462. The van der Waals surface area contributed by atoms with Crippen molar-refractivity contribution in [2.45, 2.75) is 63.1 Å². The van der Waals surface area contributed by atoms with Gasteiger partial charge in [0.05, 0.1) is 10.9 Å². The van der Waals surface area contributed by atoms with Gasteiger partial charge in [-0.2, -0.15) is 9.97 Å². The van der Waals surface area contributed by atoms with E-state index < -0.39 is 5.82 Å². The van der Waals surface area contributed by atoms with Gasteiger partial charge in [0.25, 0.3) is 0 Å². The third kappa shape index (κ3) is 3.96. The fraction of sp³-hybridized carbons (Fsp3) is 0.536. The summed E-state index contributed by atoms with van der Waals surface area (Å²) >= 11 is 6.35. The molecule has 4 fully saturated rings. The Bertz CT molecular complexity index is 1350. The summed E-state index contributed by atoms with van der Waals surface area (Å²) in [6, 6.07) is 6.56. The minimum Gasteiger partial charge on any atom is -0.461 e. The number of rotatable bonds is 5. The topological polar surface area (TPSA) is 66.4 Å². The average molecular weight is 523 g/mol. The van der Waals surface area contributed by atoms with Crippen LogP contribution in [0.2, 0.25) is 5.02 Å². The maximum atomic E-state index is 16.2. The fourth-order valence-electron chi connectivity index (χ4n) is 7.01. The molecule has 7 rings (SSSR count). The number of hydrogen-bond donors (Lipinski definition) is 1. The molecule has 2 atom stereocenters. The average Bonchev–Trinajstić information content (AvgIpc) is 3.58. The first-order valence-corrected chi connectivity index (χ1v) is 13.9. The molecule has 2 aromatic heterocycles. The fourth-order valence-corrected chi connectivity index (χ4v) is 7.18. The number of benzene rings is 1. The van der Waals surface area contributed by atoms with Crippen molar-refractivity contribution < 1.29 is 9.13 Å². The Kier molecular flexibility index (Phi) is 5.75. The zero-order chi connectivity index (χ0) is 25.1. The van der Waals surface area contributed by atoms with Gasteiger partial charge in [-0.1, -0.05) is 23.7 Å². The minimum absolute atomic E-state index is 0.0620. The Balaban J connectivity index is 1.32. The van der Waals surface area contributed by atoms with Gasteiger partial charge in [0.2, 0.25) is 0 Å². The highest BCUT2D eigenvalue weighted by Gasteiger charge is 2.45.